The fourth-order valence-corrected chi connectivity index (χ4v) is 3.73. The predicted octanol–water partition coefficient (Wildman–Crippen LogP) is 4.18. The van der Waals surface area contributed by atoms with E-state index in [0.29, 0.717) is 25.5 Å². The Hall–Kier alpha value is -3.52. The van der Waals surface area contributed by atoms with Crippen molar-refractivity contribution in [1.29, 1.82) is 0 Å². The molecule has 0 saturated carbocycles. The van der Waals surface area contributed by atoms with Crippen LogP contribution >= 0.6 is 0 Å². The molecule has 0 spiro atoms. The summed E-state index contributed by atoms with van der Waals surface area (Å²) in [6.45, 7) is 2.18. The molecule has 3 aromatic rings. The van der Waals surface area contributed by atoms with E-state index in [1.54, 1.807) is 0 Å². The molecule has 1 aliphatic heterocycles. The van der Waals surface area contributed by atoms with Crippen molar-refractivity contribution in [1.82, 2.24) is 9.97 Å². The third-order valence-electron chi connectivity index (χ3n) is 5.24. The molecular weight excluding hydrogens is 394 g/mol. The topological polar surface area (TPSA) is 93.4 Å². The van der Waals surface area contributed by atoms with Gasteiger partial charge < -0.3 is 15.0 Å². The summed E-state index contributed by atoms with van der Waals surface area (Å²) in [7, 11) is 0. The predicted molar refractivity (Wildman–Crippen MR) is 119 cm³/mol. The van der Waals surface area contributed by atoms with Crippen molar-refractivity contribution < 1.29 is 9.66 Å². The Morgan fingerprint density at radius 3 is 2.23 bits per heavy atom. The van der Waals surface area contributed by atoms with Crippen molar-refractivity contribution in [3.05, 3.63) is 88.2 Å². The average molecular weight is 419 g/mol. The quantitative estimate of drug-likeness (QED) is 0.411. The Balaban J connectivity index is 1.66. The summed E-state index contributed by atoms with van der Waals surface area (Å²) in [5, 5.41) is 15.2. The van der Waals surface area contributed by atoms with Crippen molar-refractivity contribution in [3.63, 3.8) is 0 Å². The van der Waals surface area contributed by atoms with E-state index in [9.17, 15) is 10.1 Å². The standard InChI is InChI=1S/C23H25N5O3/c29-28(30)21-22(24-14-20-12-7-13-31-20)25-17-26-23(21)27(15-18-8-3-1-4-9-18)16-19-10-5-2-6-11-19/h1-6,8-11,17,20H,7,12-16H2,(H,24,25,26). The Labute approximate surface area is 181 Å². The summed E-state index contributed by atoms with van der Waals surface area (Å²) in [4.78, 5) is 22.1. The number of rotatable bonds is 9. The van der Waals surface area contributed by atoms with E-state index in [4.69, 9.17) is 4.74 Å². The molecule has 1 saturated heterocycles. The number of ether oxygens (including phenoxy) is 1. The fraction of sp³-hybridized carbons (Fsp3) is 0.304. The molecule has 0 amide bonds. The molecule has 1 unspecified atom stereocenters. The number of nitrogens with one attached hydrogen (secondary N) is 1. The summed E-state index contributed by atoms with van der Waals surface area (Å²) in [5.41, 5.74) is 1.97. The molecule has 0 bridgehead atoms. The van der Waals surface area contributed by atoms with Crippen molar-refractivity contribution in [2.24, 2.45) is 0 Å². The highest BCUT2D eigenvalue weighted by Gasteiger charge is 2.28. The minimum Gasteiger partial charge on any atom is -0.376 e. The van der Waals surface area contributed by atoms with Crippen LogP contribution < -0.4 is 10.2 Å². The molecule has 2 aromatic carbocycles. The van der Waals surface area contributed by atoms with Gasteiger partial charge in [-0.3, -0.25) is 10.1 Å². The molecule has 2 heterocycles. The van der Waals surface area contributed by atoms with Crippen LogP contribution in [-0.2, 0) is 17.8 Å². The summed E-state index contributed by atoms with van der Waals surface area (Å²) < 4.78 is 5.62. The Morgan fingerprint density at radius 2 is 1.68 bits per heavy atom. The van der Waals surface area contributed by atoms with Gasteiger partial charge in [-0.1, -0.05) is 60.7 Å². The highest BCUT2D eigenvalue weighted by molar-refractivity contribution is 5.70. The van der Waals surface area contributed by atoms with Gasteiger partial charge in [0.05, 0.1) is 11.0 Å². The Morgan fingerprint density at radius 1 is 1.03 bits per heavy atom. The lowest BCUT2D eigenvalue weighted by Gasteiger charge is -2.24. The highest BCUT2D eigenvalue weighted by Crippen LogP contribution is 2.33. The first-order valence-electron chi connectivity index (χ1n) is 10.4. The maximum atomic E-state index is 12.1. The molecule has 1 fully saturated rings. The van der Waals surface area contributed by atoms with Gasteiger partial charge in [-0.05, 0) is 24.0 Å². The van der Waals surface area contributed by atoms with E-state index in [1.807, 2.05) is 65.6 Å². The zero-order chi connectivity index (χ0) is 21.5. The second-order valence-electron chi connectivity index (χ2n) is 7.49. The second-order valence-corrected chi connectivity index (χ2v) is 7.49. The van der Waals surface area contributed by atoms with Crippen LogP contribution in [0, 0.1) is 10.1 Å². The first kappa shape index (κ1) is 20.7. The monoisotopic (exact) mass is 419 g/mol. The van der Waals surface area contributed by atoms with Crippen LogP contribution in [0.4, 0.5) is 17.3 Å². The van der Waals surface area contributed by atoms with Gasteiger partial charge in [0.25, 0.3) is 0 Å². The lowest BCUT2D eigenvalue weighted by Crippen LogP contribution is -2.25. The number of hydrogen-bond acceptors (Lipinski definition) is 7. The zero-order valence-corrected chi connectivity index (χ0v) is 17.2. The van der Waals surface area contributed by atoms with Crippen LogP contribution in [0.25, 0.3) is 0 Å². The van der Waals surface area contributed by atoms with Crippen LogP contribution in [0.5, 0.6) is 0 Å². The van der Waals surface area contributed by atoms with Gasteiger partial charge >= 0.3 is 5.69 Å². The summed E-state index contributed by atoms with van der Waals surface area (Å²) >= 11 is 0. The van der Waals surface area contributed by atoms with E-state index in [2.05, 4.69) is 15.3 Å². The SMILES string of the molecule is O=[N+]([O-])c1c(NCC2CCCO2)ncnc1N(Cc1ccccc1)Cc1ccccc1. The molecule has 8 nitrogen and oxygen atoms in total. The molecule has 31 heavy (non-hydrogen) atoms. The molecule has 1 aliphatic rings. The van der Waals surface area contributed by atoms with E-state index in [1.165, 1.54) is 6.33 Å². The molecule has 1 aromatic heterocycles. The maximum Gasteiger partial charge on any atom is 0.353 e. The van der Waals surface area contributed by atoms with Crippen LogP contribution in [-0.4, -0.2) is 34.1 Å². The number of nitrogens with zero attached hydrogens (tertiary/aromatic N) is 4. The van der Waals surface area contributed by atoms with Gasteiger partial charge in [0.1, 0.15) is 6.33 Å². The van der Waals surface area contributed by atoms with Crippen LogP contribution in [0.2, 0.25) is 0 Å². The van der Waals surface area contributed by atoms with Gasteiger partial charge in [-0.15, -0.1) is 0 Å². The minimum absolute atomic E-state index is 0.0442. The lowest BCUT2D eigenvalue weighted by atomic mass is 10.1. The van der Waals surface area contributed by atoms with E-state index >= 15 is 0 Å². The van der Waals surface area contributed by atoms with Gasteiger partial charge in [-0.25, -0.2) is 9.97 Å². The largest absolute Gasteiger partial charge is 0.376 e. The van der Waals surface area contributed by atoms with Gasteiger partial charge in [0.15, 0.2) is 0 Å². The molecular formula is C23H25N5O3. The number of hydrogen-bond donors (Lipinski definition) is 1. The van der Waals surface area contributed by atoms with E-state index in [-0.39, 0.29) is 17.6 Å². The lowest BCUT2D eigenvalue weighted by molar-refractivity contribution is -0.383. The van der Waals surface area contributed by atoms with Crippen molar-refractivity contribution in [2.45, 2.75) is 32.0 Å². The molecule has 0 aliphatic carbocycles. The van der Waals surface area contributed by atoms with Gasteiger partial charge in [0, 0.05) is 26.2 Å². The number of aromatic nitrogens is 2. The Kier molecular flexibility index (Phi) is 6.68. The smallest absolute Gasteiger partial charge is 0.353 e. The minimum atomic E-state index is -0.407. The normalized spacial score (nSPS) is 15.5. The molecule has 1 N–H and O–H groups in total. The molecule has 160 valence electrons. The third kappa shape index (κ3) is 5.35. The maximum absolute atomic E-state index is 12.1. The first-order chi connectivity index (χ1) is 15.2. The van der Waals surface area contributed by atoms with Crippen molar-refractivity contribution in [3.8, 4) is 0 Å². The molecule has 0 radical (unpaired) electrons. The fourth-order valence-electron chi connectivity index (χ4n) is 3.73. The molecule has 1 atom stereocenters. The summed E-state index contributed by atoms with van der Waals surface area (Å²) in [6, 6.07) is 19.7. The first-order valence-corrected chi connectivity index (χ1v) is 10.4. The summed E-state index contributed by atoms with van der Waals surface area (Å²) in [6.07, 6.45) is 3.37. The van der Waals surface area contributed by atoms with E-state index < -0.39 is 4.92 Å². The third-order valence-corrected chi connectivity index (χ3v) is 5.24. The average Bonchev–Trinajstić information content (AvgIpc) is 3.32. The van der Waals surface area contributed by atoms with Crippen molar-refractivity contribution in [2.75, 3.05) is 23.4 Å². The second kappa shape index (κ2) is 9.99. The molecule has 4 rings (SSSR count). The van der Waals surface area contributed by atoms with E-state index in [0.717, 1.165) is 30.6 Å². The Bertz CT molecular complexity index is 953. The van der Waals surface area contributed by atoms with Crippen LogP contribution in [0.3, 0.4) is 0 Å². The van der Waals surface area contributed by atoms with Crippen molar-refractivity contribution >= 4 is 17.3 Å². The van der Waals surface area contributed by atoms with Crippen LogP contribution in [0.15, 0.2) is 67.0 Å². The highest BCUT2D eigenvalue weighted by atomic mass is 16.6. The number of benzene rings is 2. The summed E-state index contributed by atoms with van der Waals surface area (Å²) in [5.74, 6) is 0.513. The zero-order valence-electron chi connectivity index (χ0n) is 17.2. The number of anilines is 2. The number of nitro groups is 1. The van der Waals surface area contributed by atoms with Gasteiger partial charge in [0.2, 0.25) is 11.6 Å². The van der Waals surface area contributed by atoms with Gasteiger partial charge in [-0.2, -0.15) is 0 Å². The van der Waals surface area contributed by atoms with Crippen LogP contribution in [0.1, 0.15) is 24.0 Å². The molecule has 8 heteroatoms.